The molecule has 0 saturated carbocycles. The summed E-state index contributed by atoms with van der Waals surface area (Å²) in [6, 6.07) is 15.0. The Morgan fingerprint density at radius 3 is 2.67 bits per heavy atom. The summed E-state index contributed by atoms with van der Waals surface area (Å²) in [5, 5.41) is 3.48. The minimum Gasteiger partial charge on any atom is -0.497 e. The van der Waals surface area contributed by atoms with E-state index in [4.69, 9.17) is 4.74 Å². The smallest absolute Gasteiger partial charge is 0.123 e. The molecule has 21 heavy (non-hydrogen) atoms. The van der Waals surface area contributed by atoms with E-state index in [2.05, 4.69) is 18.3 Å². The summed E-state index contributed by atoms with van der Waals surface area (Å²) in [4.78, 5) is 1.09. The van der Waals surface area contributed by atoms with Crippen LogP contribution in [0.4, 0.5) is 4.39 Å². The third-order valence-electron chi connectivity index (χ3n) is 3.23. The maximum atomic E-state index is 12.8. The third-order valence-corrected chi connectivity index (χ3v) is 4.24. The van der Waals surface area contributed by atoms with E-state index in [1.165, 1.54) is 17.7 Å². The lowest BCUT2D eigenvalue weighted by Gasteiger charge is -2.15. The molecule has 0 amide bonds. The van der Waals surface area contributed by atoms with Crippen molar-refractivity contribution in [3.05, 3.63) is 59.9 Å². The van der Waals surface area contributed by atoms with Gasteiger partial charge in [0.25, 0.3) is 0 Å². The van der Waals surface area contributed by atoms with Gasteiger partial charge in [0.1, 0.15) is 11.6 Å². The van der Waals surface area contributed by atoms with E-state index in [9.17, 15) is 4.39 Å². The van der Waals surface area contributed by atoms with Gasteiger partial charge >= 0.3 is 0 Å². The highest BCUT2D eigenvalue weighted by Gasteiger charge is 2.05. The Morgan fingerprint density at radius 1 is 1.19 bits per heavy atom. The number of hydrogen-bond donors (Lipinski definition) is 1. The van der Waals surface area contributed by atoms with Crippen LogP contribution in [0.2, 0.25) is 0 Å². The SMILES string of the molecule is COc1cccc([C@@H](C)NCCSc2ccc(F)cc2)c1. The first-order valence-corrected chi connectivity index (χ1v) is 7.93. The number of rotatable bonds is 7. The van der Waals surface area contributed by atoms with Crippen LogP contribution < -0.4 is 10.1 Å². The molecule has 2 nitrogen and oxygen atoms in total. The van der Waals surface area contributed by atoms with Crippen molar-refractivity contribution >= 4 is 11.8 Å². The van der Waals surface area contributed by atoms with E-state index in [0.717, 1.165) is 22.9 Å². The Bertz CT molecular complexity index is 559. The number of benzene rings is 2. The molecule has 112 valence electrons. The molecule has 1 atom stereocenters. The molecule has 0 aliphatic heterocycles. The first-order chi connectivity index (χ1) is 10.2. The molecule has 0 bridgehead atoms. The lowest BCUT2D eigenvalue weighted by atomic mass is 10.1. The molecule has 0 aliphatic carbocycles. The Hall–Kier alpha value is -1.52. The Kier molecular flexibility index (Phi) is 6.08. The lowest BCUT2D eigenvalue weighted by molar-refractivity contribution is 0.413. The van der Waals surface area contributed by atoms with Crippen molar-refractivity contribution < 1.29 is 9.13 Å². The molecular formula is C17H20FNOS. The van der Waals surface area contributed by atoms with Crippen LogP contribution in [0.1, 0.15) is 18.5 Å². The highest BCUT2D eigenvalue weighted by molar-refractivity contribution is 7.99. The van der Waals surface area contributed by atoms with E-state index >= 15 is 0 Å². The van der Waals surface area contributed by atoms with Crippen LogP contribution >= 0.6 is 11.8 Å². The summed E-state index contributed by atoms with van der Waals surface area (Å²) in [6.45, 7) is 3.03. The molecular weight excluding hydrogens is 285 g/mol. The fourth-order valence-corrected chi connectivity index (χ4v) is 2.79. The fourth-order valence-electron chi connectivity index (χ4n) is 2.00. The van der Waals surface area contributed by atoms with E-state index in [0.29, 0.717) is 0 Å². The molecule has 0 heterocycles. The van der Waals surface area contributed by atoms with Crippen LogP contribution in [0.15, 0.2) is 53.4 Å². The summed E-state index contributed by atoms with van der Waals surface area (Å²) >= 11 is 1.72. The van der Waals surface area contributed by atoms with Crippen molar-refractivity contribution in [3.8, 4) is 5.75 Å². The van der Waals surface area contributed by atoms with Gasteiger partial charge in [-0.3, -0.25) is 0 Å². The van der Waals surface area contributed by atoms with Crippen molar-refractivity contribution in [3.63, 3.8) is 0 Å². The molecule has 4 heteroatoms. The van der Waals surface area contributed by atoms with Gasteiger partial charge < -0.3 is 10.1 Å². The lowest BCUT2D eigenvalue weighted by Crippen LogP contribution is -2.21. The van der Waals surface area contributed by atoms with E-state index in [1.54, 1.807) is 18.9 Å². The minimum absolute atomic E-state index is 0.191. The molecule has 0 unspecified atom stereocenters. The first kappa shape index (κ1) is 15.9. The summed E-state index contributed by atoms with van der Waals surface area (Å²) in [5.74, 6) is 1.63. The van der Waals surface area contributed by atoms with Crippen molar-refractivity contribution in [2.45, 2.75) is 17.9 Å². The van der Waals surface area contributed by atoms with Crippen LogP contribution in [-0.2, 0) is 0 Å². The van der Waals surface area contributed by atoms with Gasteiger partial charge in [-0.05, 0) is 48.9 Å². The average Bonchev–Trinajstić information content (AvgIpc) is 2.53. The second-order valence-electron chi connectivity index (χ2n) is 4.75. The molecule has 0 spiro atoms. The second-order valence-corrected chi connectivity index (χ2v) is 5.92. The second kappa shape index (κ2) is 8.05. The molecule has 2 rings (SSSR count). The van der Waals surface area contributed by atoms with E-state index in [1.807, 2.05) is 30.3 Å². The van der Waals surface area contributed by atoms with Gasteiger partial charge in [-0.25, -0.2) is 4.39 Å². The fraction of sp³-hybridized carbons (Fsp3) is 0.294. The van der Waals surface area contributed by atoms with Gasteiger partial charge in [0.05, 0.1) is 7.11 Å². The zero-order chi connectivity index (χ0) is 15.1. The number of halogens is 1. The zero-order valence-corrected chi connectivity index (χ0v) is 13.1. The molecule has 0 radical (unpaired) electrons. The maximum absolute atomic E-state index is 12.8. The van der Waals surface area contributed by atoms with Gasteiger partial charge in [-0.2, -0.15) is 0 Å². The number of hydrogen-bond acceptors (Lipinski definition) is 3. The maximum Gasteiger partial charge on any atom is 0.123 e. The van der Waals surface area contributed by atoms with Crippen LogP contribution in [0.3, 0.4) is 0 Å². The van der Waals surface area contributed by atoms with Crippen LogP contribution in [0.5, 0.6) is 5.75 Å². The molecule has 2 aromatic rings. The number of methoxy groups -OCH3 is 1. The van der Waals surface area contributed by atoms with Crippen molar-refractivity contribution in [2.75, 3.05) is 19.4 Å². The average molecular weight is 305 g/mol. The highest BCUT2D eigenvalue weighted by atomic mass is 32.2. The number of thioether (sulfide) groups is 1. The molecule has 0 saturated heterocycles. The van der Waals surface area contributed by atoms with Crippen molar-refractivity contribution in [1.29, 1.82) is 0 Å². The Balaban J connectivity index is 1.76. The van der Waals surface area contributed by atoms with Crippen molar-refractivity contribution in [1.82, 2.24) is 5.32 Å². The van der Waals surface area contributed by atoms with Gasteiger partial charge in [-0.1, -0.05) is 12.1 Å². The van der Waals surface area contributed by atoms with Crippen LogP contribution in [0.25, 0.3) is 0 Å². The van der Waals surface area contributed by atoms with Gasteiger partial charge in [-0.15, -0.1) is 11.8 Å². The quantitative estimate of drug-likeness (QED) is 0.609. The minimum atomic E-state index is -0.191. The normalized spacial score (nSPS) is 12.1. The summed E-state index contributed by atoms with van der Waals surface area (Å²) in [5.41, 5.74) is 1.21. The first-order valence-electron chi connectivity index (χ1n) is 6.95. The monoisotopic (exact) mass is 305 g/mol. The number of nitrogens with one attached hydrogen (secondary N) is 1. The molecule has 1 N–H and O–H groups in total. The summed E-state index contributed by atoms with van der Waals surface area (Å²) in [6.07, 6.45) is 0. The number of ether oxygens (including phenoxy) is 1. The standard InChI is InChI=1S/C17H20FNOS/c1-13(14-4-3-5-16(12-14)20-2)19-10-11-21-17-8-6-15(18)7-9-17/h3-9,12-13,19H,10-11H2,1-2H3/t13-/m1/s1. The molecule has 0 aliphatic rings. The van der Waals surface area contributed by atoms with E-state index < -0.39 is 0 Å². The van der Waals surface area contributed by atoms with Gasteiger partial charge in [0.2, 0.25) is 0 Å². The Labute approximate surface area is 129 Å². The van der Waals surface area contributed by atoms with Crippen LogP contribution in [0, 0.1) is 5.82 Å². The Morgan fingerprint density at radius 2 is 1.95 bits per heavy atom. The third kappa shape index (κ3) is 5.06. The summed E-state index contributed by atoms with van der Waals surface area (Å²) in [7, 11) is 1.68. The van der Waals surface area contributed by atoms with Gasteiger partial charge in [0, 0.05) is 23.2 Å². The zero-order valence-electron chi connectivity index (χ0n) is 12.3. The van der Waals surface area contributed by atoms with Gasteiger partial charge in [0.15, 0.2) is 0 Å². The predicted octanol–water partition coefficient (Wildman–Crippen LogP) is 4.28. The van der Waals surface area contributed by atoms with Crippen molar-refractivity contribution in [2.24, 2.45) is 0 Å². The predicted molar refractivity (Wildman–Crippen MR) is 86.5 cm³/mol. The van der Waals surface area contributed by atoms with E-state index in [-0.39, 0.29) is 11.9 Å². The molecule has 2 aromatic carbocycles. The molecule has 0 fully saturated rings. The highest BCUT2D eigenvalue weighted by Crippen LogP contribution is 2.20. The molecule has 0 aromatic heterocycles. The summed E-state index contributed by atoms with van der Waals surface area (Å²) < 4.78 is 18.0. The van der Waals surface area contributed by atoms with Crippen LogP contribution in [-0.4, -0.2) is 19.4 Å². The topological polar surface area (TPSA) is 21.3 Å². The largest absolute Gasteiger partial charge is 0.497 e.